The van der Waals surface area contributed by atoms with Crippen molar-refractivity contribution in [1.29, 1.82) is 0 Å². The van der Waals surface area contributed by atoms with Crippen LogP contribution < -0.4 is 4.90 Å². The predicted molar refractivity (Wildman–Crippen MR) is 91.0 cm³/mol. The van der Waals surface area contributed by atoms with Crippen molar-refractivity contribution in [3.63, 3.8) is 0 Å². The Balaban J connectivity index is 1.67. The van der Waals surface area contributed by atoms with E-state index >= 15 is 0 Å². The molecule has 114 valence electrons. The monoisotopic (exact) mass is 334 g/mol. The van der Waals surface area contributed by atoms with Crippen molar-refractivity contribution in [2.45, 2.75) is 0 Å². The Morgan fingerprint density at radius 1 is 0.909 bits per heavy atom. The van der Waals surface area contributed by atoms with Gasteiger partial charge in [0.2, 0.25) is 0 Å². The number of rotatable bonds is 2. The van der Waals surface area contributed by atoms with Crippen LogP contribution in [0, 0.1) is 0 Å². The Hall–Kier alpha value is -1.71. The number of benzene rings is 2. The normalized spacial score (nSPS) is 15.0. The van der Waals surface area contributed by atoms with Crippen molar-refractivity contribution in [3.8, 4) is 0 Å². The molecule has 0 unspecified atom stereocenters. The quantitative estimate of drug-likeness (QED) is 0.829. The van der Waals surface area contributed by atoms with Gasteiger partial charge < -0.3 is 9.80 Å². The molecule has 1 heterocycles. The molecule has 1 aliphatic rings. The number of anilines is 1. The smallest absolute Gasteiger partial charge is 0.255 e. The van der Waals surface area contributed by atoms with Crippen molar-refractivity contribution < 1.29 is 4.79 Å². The lowest BCUT2D eigenvalue weighted by atomic mass is 10.1. The zero-order valence-corrected chi connectivity index (χ0v) is 13.5. The molecule has 2 aromatic carbocycles. The number of amides is 1. The lowest BCUT2D eigenvalue weighted by molar-refractivity contribution is 0.0747. The number of hydrogen-bond donors (Lipinski definition) is 0. The highest BCUT2D eigenvalue weighted by Gasteiger charge is 2.23. The van der Waals surface area contributed by atoms with Crippen LogP contribution in [0.5, 0.6) is 0 Å². The van der Waals surface area contributed by atoms with E-state index < -0.39 is 0 Å². The van der Waals surface area contributed by atoms with E-state index in [1.54, 1.807) is 18.2 Å². The Labute approximate surface area is 140 Å². The maximum Gasteiger partial charge on any atom is 0.255 e. The summed E-state index contributed by atoms with van der Waals surface area (Å²) in [5, 5.41) is 0.943. The summed E-state index contributed by atoms with van der Waals surface area (Å²) in [5.74, 6) is -0.0330. The van der Waals surface area contributed by atoms with Gasteiger partial charge in [0.25, 0.3) is 5.91 Å². The minimum atomic E-state index is -0.0330. The van der Waals surface area contributed by atoms with Gasteiger partial charge in [0.05, 0.1) is 10.6 Å². The Morgan fingerprint density at radius 2 is 1.59 bits per heavy atom. The number of carbonyl (C=O) groups excluding carboxylic acids is 1. The molecule has 22 heavy (non-hydrogen) atoms. The van der Waals surface area contributed by atoms with Crippen molar-refractivity contribution in [2.24, 2.45) is 0 Å². The summed E-state index contributed by atoms with van der Waals surface area (Å²) in [6, 6.07) is 15.2. The third kappa shape index (κ3) is 3.21. The van der Waals surface area contributed by atoms with E-state index in [1.165, 1.54) is 5.69 Å². The molecule has 0 spiro atoms. The first-order chi connectivity index (χ1) is 10.6. The average molecular weight is 335 g/mol. The molecule has 0 N–H and O–H groups in total. The zero-order valence-electron chi connectivity index (χ0n) is 12.0. The Bertz CT molecular complexity index is 668. The first-order valence-corrected chi connectivity index (χ1v) is 7.95. The van der Waals surface area contributed by atoms with Crippen LogP contribution in [-0.2, 0) is 0 Å². The van der Waals surface area contributed by atoms with E-state index in [0.29, 0.717) is 28.7 Å². The summed E-state index contributed by atoms with van der Waals surface area (Å²) >= 11 is 12.0. The highest BCUT2D eigenvalue weighted by Crippen LogP contribution is 2.23. The van der Waals surface area contributed by atoms with Crippen LogP contribution >= 0.6 is 23.2 Å². The third-order valence-corrected chi connectivity index (χ3v) is 4.40. The van der Waals surface area contributed by atoms with Crippen molar-refractivity contribution in [2.75, 3.05) is 31.1 Å². The molecular formula is C17H16Cl2N2O. The summed E-state index contributed by atoms with van der Waals surface area (Å²) in [5.41, 5.74) is 1.71. The van der Waals surface area contributed by atoms with Crippen molar-refractivity contribution >= 4 is 34.8 Å². The van der Waals surface area contributed by atoms with E-state index in [0.717, 1.165) is 13.1 Å². The van der Waals surface area contributed by atoms with Crippen molar-refractivity contribution in [1.82, 2.24) is 4.90 Å². The average Bonchev–Trinajstić information content (AvgIpc) is 2.55. The molecule has 0 bridgehead atoms. The van der Waals surface area contributed by atoms with Gasteiger partial charge in [-0.3, -0.25) is 4.79 Å². The van der Waals surface area contributed by atoms with Crippen LogP contribution in [0.1, 0.15) is 10.4 Å². The molecule has 0 saturated carbocycles. The van der Waals surface area contributed by atoms with Gasteiger partial charge in [-0.15, -0.1) is 0 Å². The van der Waals surface area contributed by atoms with E-state index in [-0.39, 0.29) is 5.91 Å². The number of halogens is 2. The fraction of sp³-hybridized carbons (Fsp3) is 0.235. The van der Waals surface area contributed by atoms with Gasteiger partial charge in [-0.1, -0.05) is 41.4 Å². The molecule has 3 rings (SSSR count). The van der Waals surface area contributed by atoms with Gasteiger partial charge in [-0.05, 0) is 30.3 Å². The molecular weight excluding hydrogens is 319 g/mol. The number of nitrogens with zero attached hydrogens (tertiary/aromatic N) is 2. The topological polar surface area (TPSA) is 23.6 Å². The summed E-state index contributed by atoms with van der Waals surface area (Å²) in [6.07, 6.45) is 0. The molecule has 0 radical (unpaired) electrons. The molecule has 3 nitrogen and oxygen atoms in total. The second kappa shape index (κ2) is 6.59. The summed E-state index contributed by atoms with van der Waals surface area (Å²) in [7, 11) is 0. The second-order valence-corrected chi connectivity index (χ2v) is 6.08. The maximum absolute atomic E-state index is 12.6. The minimum absolute atomic E-state index is 0.0330. The van der Waals surface area contributed by atoms with Crippen LogP contribution in [0.3, 0.4) is 0 Å². The van der Waals surface area contributed by atoms with Gasteiger partial charge in [0, 0.05) is 36.9 Å². The van der Waals surface area contributed by atoms with Crippen LogP contribution in [0.15, 0.2) is 48.5 Å². The Morgan fingerprint density at radius 3 is 2.23 bits per heavy atom. The van der Waals surface area contributed by atoms with Crippen LogP contribution in [0.2, 0.25) is 10.0 Å². The molecule has 0 atom stereocenters. The predicted octanol–water partition coefficient (Wildman–Crippen LogP) is 3.96. The zero-order chi connectivity index (χ0) is 15.5. The maximum atomic E-state index is 12.6. The van der Waals surface area contributed by atoms with Gasteiger partial charge in [-0.25, -0.2) is 0 Å². The number of piperazine rings is 1. The molecule has 2 aromatic rings. The van der Waals surface area contributed by atoms with E-state index in [4.69, 9.17) is 23.2 Å². The first kappa shape index (κ1) is 15.2. The SMILES string of the molecule is O=C(c1ccc(Cl)cc1Cl)N1CCN(c2ccccc2)CC1. The second-order valence-electron chi connectivity index (χ2n) is 5.24. The van der Waals surface area contributed by atoms with Gasteiger partial charge >= 0.3 is 0 Å². The van der Waals surface area contributed by atoms with Crippen LogP contribution in [0.4, 0.5) is 5.69 Å². The van der Waals surface area contributed by atoms with Crippen LogP contribution in [-0.4, -0.2) is 37.0 Å². The summed E-state index contributed by atoms with van der Waals surface area (Å²) in [6.45, 7) is 3.02. The standard InChI is InChI=1S/C17H16Cl2N2O/c18-13-6-7-15(16(19)12-13)17(22)21-10-8-20(9-11-21)14-4-2-1-3-5-14/h1-7,12H,8-11H2. The summed E-state index contributed by atoms with van der Waals surface area (Å²) < 4.78 is 0. The lowest BCUT2D eigenvalue weighted by Crippen LogP contribution is -2.48. The van der Waals surface area contributed by atoms with Gasteiger partial charge in [-0.2, -0.15) is 0 Å². The van der Waals surface area contributed by atoms with Gasteiger partial charge in [0.15, 0.2) is 0 Å². The van der Waals surface area contributed by atoms with Crippen molar-refractivity contribution in [3.05, 3.63) is 64.1 Å². The van der Waals surface area contributed by atoms with E-state index in [2.05, 4.69) is 17.0 Å². The summed E-state index contributed by atoms with van der Waals surface area (Å²) in [4.78, 5) is 16.7. The lowest BCUT2D eigenvalue weighted by Gasteiger charge is -2.36. The molecule has 1 amide bonds. The first-order valence-electron chi connectivity index (χ1n) is 7.19. The number of hydrogen-bond acceptors (Lipinski definition) is 2. The molecule has 1 aliphatic heterocycles. The molecule has 0 aromatic heterocycles. The van der Waals surface area contributed by atoms with Crippen LogP contribution in [0.25, 0.3) is 0 Å². The Kier molecular flexibility index (Phi) is 4.55. The molecule has 1 saturated heterocycles. The van der Waals surface area contributed by atoms with E-state index in [9.17, 15) is 4.79 Å². The fourth-order valence-corrected chi connectivity index (χ4v) is 3.13. The molecule has 1 fully saturated rings. The largest absolute Gasteiger partial charge is 0.368 e. The fourth-order valence-electron chi connectivity index (χ4n) is 2.64. The molecule has 0 aliphatic carbocycles. The number of para-hydroxylation sites is 1. The highest BCUT2D eigenvalue weighted by molar-refractivity contribution is 6.36. The number of carbonyl (C=O) groups is 1. The van der Waals surface area contributed by atoms with Gasteiger partial charge in [0.1, 0.15) is 0 Å². The minimum Gasteiger partial charge on any atom is -0.368 e. The molecule has 5 heteroatoms. The van der Waals surface area contributed by atoms with E-state index in [1.807, 2.05) is 23.1 Å². The highest BCUT2D eigenvalue weighted by atomic mass is 35.5. The third-order valence-electron chi connectivity index (χ3n) is 3.85.